The lowest BCUT2D eigenvalue weighted by Crippen LogP contribution is -2.32. The van der Waals surface area contributed by atoms with Crippen LogP contribution in [-0.4, -0.2) is 6.04 Å². The molecule has 0 amide bonds. The maximum atomic E-state index is 3.84. The Labute approximate surface area is 118 Å². The number of aryl methyl sites for hydroxylation is 1. The van der Waals surface area contributed by atoms with Crippen LogP contribution in [0.25, 0.3) is 0 Å². The summed E-state index contributed by atoms with van der Waals surface area (Å²) in [5, 5.41) is 3.84. The van der Waals surface area contributed by atoms with E-state index in [2.05, 4.69) is 43.4 Å². The molecule has 1 aromatic carbocycles. The Morgan fingerprint density at radius 3 is 2.16 bits per heavy atom. The van der Waals surface area contributed by atoms with E-state index in [4.69, 9.17) is 0 Å². The van der Waals surface area contributed by atoms with Gasteiger partial charge in [0.05, 0.1) is 0 Å². The Balaban J connectivity index is 1.88. The van der Waals surface area contributed by atoms with Gasteiger partial charge >= 0.3 is 0 Å². The Bertz CT molecular complexity index is 346. The predicted molar refractivity (Wildman–Crippen MR) is 83.5 cm³/mol. The molecule has 1 nitrogen and oxygen atoms in total. The molecule has 1 aliphatic carbocycles. The molecule has 19 heavy (non-hydrogen) atoms. The van der Waals surface area contributed by atoms with Gasteiger partial charge in [0, 0.05) is 12.1 Å². The SMILES string of the molecule is CCc1ccc(C(C)NC2CCCCCCC2)cc1. The van der Waals surface area contributed by atoms with Gasteiger partial charge in [0.15, 0.2) is 0 Å². The third-order valence-corrected chi connectivity index (χ3v) is 4.48. The molecule has 0 spiro atoms. The minimum Gasteiger partial charge on any atom is -0.307 e. The van der Waals surface area contributed by atoms with Crippen LogP contribution in [0.3, 0.4) is 0 Å². The minimum atomic E-state index is 0.482. The molecule has 1 heteroatoms. The summed E-state index contributed by atoms with van der Waals surface area (Å²) in [7, 11) is 0. The number of hydrogen-bond donors (Lipinski definition) is 1. The monoisotopic (exact) mass is 259 g/mol. The zero-order chi connectivity index (χ0) is 13.5. The van der Waals surface area contributed by atoms with Gasteiger partial charge in [0.25, 0.3) is 0 Å². The van der Waals surface area contributed by atoms with Crippen molar-refractivity contribution in [2.45, 2.75) is 77.3 Å². The highest BCUT2D eigenvalue weighted by atomic mass is 14.9. The van der Waals surface area contributed by atoms with Crippen LogP contribution in [-0.2, 0) is 6.42 Å². The first kappa shape index (κ1) is 14.6. The van der Waals surface area contributed by atoms with Crippen LogP contribution >= 0.6 is 0 Å². The zero-order valence-electron chi connectivity index (χ0n) is 12.6. The second-order valence-corrected chi connectivity index (χ2v) is 6.03. The van der Waals surface area contributed by atoms with E-state index in [1.807, 2.05) is 0 Å². The van der Waals surface area contributed by atoms with E-state index in [0.29, 0.717) is 6.04 Å². The molecule has 1 aliphatic rings. The van der Waals surface area contributed by atoms with Crippen molar-refractivity contribution in [3.63, 3.8) is 0 Å². The van der Waals surface area contributed by atoms with Crippen molar-refractivity contribution in [1.29, 1.82) is 0 Å². The van der Waals surface area contributed by atoms with Crippen molar-refractivity contribution < 1.29 is 0 Å². The molecule has 0 radical (unpaired) electrons. The molecule has 2 rings (SSSR count). The second-order valence-electron chi connectivity index (χ2n) is 6.03. The summed E-state index contributed by atoms with van der Waals surface area (Å²) < 4.78 is 0. The topological polar surface area (TPSA) is 12.0 Å². The second kappa shape index (κ2) is 7.69. The highest BCUT2D eigenvalue weighted by Crippen LogP contribution is 2.21. The van der Waals surface area contributed by atoms with Crippen molar-refractivity contribution in [3.8, 4) is 0 Å². The van der Waals surface area contributed by atoms with E-state index in [0.717, 1.165) is 12.5 Å². The van der Waals surface area contributed by atoms with Gasteiger partial charge in [-0.25, -0.2) is 0 Å². The van der Waals surface area contributed by atoms with Crippen LogP contribution in [0, 0.1) is 0 Å². The van der Waals surface area contributed by atoms with Gasteiger partial charge in [-0.05, 0) is 37.3 Å². The average molecular weight is 259 g/mol. The highest BCUT2D eigenvalue weighted by Gasteiger charge is 2.14. The Hall–Kier alpha value is -0.820. The normalized spacial score (nSPS) is 19.7. The van der Waals surface area contributed by atoms with Gasteiger partial charge in [0.2, 0.25) is 0 Å². The first-order valence-corrected chi connectivity index (χ1v) is 8.14. The van der Waals surface area contributed by atoms with Crippen molar-refractivity contribution in [3.05, 3.63) is 35.4 Å². The first-order chi connectivity index (χ1) is 9.29. The minimum absolute atomic E-state index is 0.482. The fraction of sp³-hybridized carbons (Fsp3) is 0.667. The quantitative estimate of drug-likeness (QED) is 0.801. The van der Waals surface area contributed by atoms with Crippen LogP contribution < -0.4 is 5.32 Å². The molecule has 1 atom stereocenters. The van der Waals surface area contributed by atoms with Crippen LogP contribution in [0.15, 0.2) is 24.3 Å². The summed E-state index contributed by atoms with van der Waals surface area (Å²) >= 11 is 0. The molecule has 1 unspecified atom stereocenters. The summed E-state index contributed by atoms with van der Waals surface area (Å²) in [5.41, 5.74) is 2.86. The molecular formula is C18H29N. The molecule has 0 aliphatic heterocycles. The fourth-order valence-electron chi connectivity index (χ4n) is 3.11. The maximum absolute atomic E-state index is 3.84. The molecule has 0 heterocycles. The fourth-order valence-corrected chi connectivity index (χ4v) is 3.11. The molecule has 0 aromatic heterocycles. The summed E-state index contributed by atoms with van der Waals surface area (Å²) in [6.45, 7) is 4.52. The van der Waals surface area contributed by atoms with Gasteiger partial charge in [-0.3, -0.25) is 0 Å². The number of nitrogens with one attached hydrogen (secondary N) is 1. The van der Waals surface area contributed by atoms with E-state index in [-0.39, 0.29) is 0 Å². The summed E-state index contributed by atoms with van der Waals surface area (Å²) in [6.07, 6.45) is 11.0. The predicted octanol–water partition coefficient (Wildman–Crippen LogP) is 5.01. The van der Waals surface area contributed by atoms with E-state index >= 15 is 0 Å². The Morgan fingerprint density at radius 2 is 1.58 bits per heavy atom. The Morgan fingerprint density at radius 1 is 1.00 bits per heavy atom. The molecule has 1 saturated carbocycles. The summed E-state index contributed by atoms with van der Waals surface area (Å²) in [6, 6.07) is 10.3. The standard InChI is InChI=1S/C18H29N/c1-3-16-11-13-17(14-12-16)15(2)19-18-9-7-5-4-6-8-10-18/h11-15,18-19H,3-10H2,1-2H3. The van der Waals surface area contributed by atoms with Gasteiger partial charge in [-0.15, -0.1) is 0 Å². The largest absolute Gasteiger partial charge is 0.307 e. The van der Waals surface area contributed by atoms with Crippen molar-refractivity contribution in [2.24, 2.45) is 0 Å². The lowest BCUT2D eigenvalue weighted by atomic mass is 9.95. The van der Waals surface area contributed by atoms with Gasteiger partial charge in [-0.1, -0.05) is 63.3 Å². The van der Waals surface area contributed by atoms with Gasteiger partial charge in [0.1, 0.15) is 0 Å². The van der Waals surface area contributed by atoms with Crippen LogP contribution in [0.5, 0.6) is 0 Å². The van der Waals surface area contributed by atoms with E-state index < -0.39 is 0 Å². The third kappa shape index (κ3) is 4.65. The molecule has 0 saturated heterocycles. The average Bonchev–Trinajstić information content (AvgIpc) is 2.41. The number of benzene rings is 1. The lowest BCUT2D eigenvalue weighted by molar-refractivity contribution is 0.363. The zero-order valence-corrected chi connectivity index (χ0v) is 12.6. The van der Waals surface area contributed by atoms with Crippen LogP contribution in [0.4, 0.5) is 0 Å². The van der Waals surface area contributed by atoms with E-state index in [9.17, 15) is 0 Å². The van der Waals surface area contributed by atoms with E-state index in [1.54, 1.807) is 0 Å². The van der Waals surface area contributed by atoms with Crippen molar-refractivity contribution >= 4 is 0 Å². The molecule has 1 aromatic rings. The van der Waals surface area contributed by atoms with Crippen LogP contribution in [0.1, 0.15) is 76.0 Å². The lowest BCUT2D eigenvalue weighted by Gasteiger charge is -2.25. The van der Waals surface area contributed by atoms with Crippen molar-refractivity contribution in [2.75, 3.05) is 0 Å². The molecule has 0 bridgehead atoms. The molecule has 1 N–H and O–H groups in total. The van der Waals surface area contributed by atoms with Gasteiger partial charge < -0.3 is 5.32 Å². The van der Waals surface area contributed by atoms with Crippen LogP contribution in [0.2, 0.25) is 0 Å². The van der Waals surface area contributed by atoms with Gasteiger partial charge in [-0.2, -0.15) is 0 Å². The van der Waals surface area contributed by atoms with Crippen molar-refractivity contribution in [1.82, 2.24) is 5.32 Å². The summed E-state index contributed by atoms with van der Waals surface area (Å²) in [5.74, 6) is 0. The number of hydrogen-bond acceptors (Lipinski definition) is 1. The first-order valence-electron chi connectivity index (χ1n) is 8.14. The smallest absolute Gasteiger partial charge is 0.0294 e. The summed E-state index contributed by atoms with van der Waals surface area (Å²) in [4.78, 5) is 0. The maximum Gasteiger partial charge on any atom is 0.0294 e. The molecular weight excluding hydrogens is 230 g/mol. The molecule has 1 fully saturated rings. The highest BCUT2D eigenvalue weighted by molar-refractivity contribution is 5.24. The number of rotatable bonds is 4. The molecule has 106 valence electrons. The van der Waals surface area contributed by atoms with E-state index in [1.165, 1.54) is 56.1 Å². The Kier molecular flexibility index (Phi) is 5.91. The third-order valence-electron chi connectivity index (χ3n) is 4.48.